The molecule has 19 heavy (non-hydrogen) atoms. The Morgan fingerprint density at radius 1 is 1.53 bits per heavy atom. The summed E-state index contributed by atoms with van der Waals surface area (Å²) < 4.78 is 5.62. The Hall–Kier alpha value is -1.82. The topological polar surface area (TPSA) is 75.2 Å². The van der Waals surface area contributed by atoms with Crippen molar-refractivity contribution >= 4 is 21.9 Å². The lowest BCUT2D eigenvalue weighted by molar-refractivity contribution is 0.0690. The molecule has 0 amide bonds. The number of H-pyrrole nitrogens is 1. The van der Waals surface area contributed by atoms with Crippen molar-refractivity contribution in [3.63, 3.8) is 0 Å². The van der Waals surface area contributed by atoms with Crippen LogP contribution in [-0.2, 0) is 6.42 Å². The summed E-state index contributed by atoms with van der Waals surface area (Å²) in [7, 11) is 1.63. The van der Waals surface area contributed by atoms with E-state index in [1.807, 2.05) is 25.1 Å². The molecule has 2 N–H and O–H groups in total. The van der Waals surface area contributed by atoms with Crippen molar-refractivity contribution in [2.45, 2.75) is 13.3 Å². The largest absolute Gasteiger partial charge is 0.496 e. The molecule has 0 aliphatic carbocycles. The highest BCUT2D eigenvalue weighted by atomic mass is 79.9. The number of aryl methyl sites for hydroxylation is 1. The number of carbonyl (C=O) groups is 1. The first-order valence-electron chi connectivity index (χ1n) is 5.72. The highest BCUT2D eigenvalue weighted by molar-refractivity contribution is 9.10. The fraction of sp³-hybridized carbons (Fsp3) is 0.231. The van der Waals surface area contributed by atoms with Crippen molar-refractivity contribution in [1.82, 2.24) is 9.97 Å². The van der Waals surface area contributed by atoms with E-state index >= 15 is 0 Å². The fourth-order valence-corrected chi connectivity index (χ4v) is 2.28. The first-order valence-corrected chi connectivity index (χ1v) is 6.52. The number of hydrogen-bond acceptors (Lipinski definition) is 3. The van der Waals surface area contributed by atoms with E-state index in [0.717, 1.165) is 23.3 Å². The molecule has 1 heterocycles. The Morgan fingerprint density at radius 3 is 2.79 bits per heavy atom. The molecule has 2 rings (SSSR count). The monoisotopic (exact) mass is 324 g/mol. The molecule has 6 heteroatoms. The standard InChI is InChI=1S/C13H13BrN2O3/c1-3-7-6-8(4-5-9(7)19-2)12-15-10(13(17)18)11(14)16-12/h4-6H,3H2,1-2H3,(H,15,16)(H,17,18). The van der Waals surface area contributed by atoms with E-state index in [4.69, 9.17) is 9.84 Å². The minimum absolute atomic E-state index is 0.0242. The number of benzene rings is 1. The van der Waals surface area contributed by atoms with Gasteiger partial charge in [0.1, 0.15) is 16.2 Å². The molecule has 0 spiro atoms. The van der Waals surface area contributed by atoms with Gasteiger partial charge >= 0.3 is 5.97 Å². The first-order chi connectivity index (χ1) is 9.06. The molecule has 0 fully saturated rings. The second kappa shape index (κ2) is 5.44. The van der Waals surface area contributed by atoms with Crippen molar-refractivity contribution in [2.75, 3.05) is 7.11 Å². The summed E-state index contributed by atoms with van der Waals surface area (Å²) in [5, 5.41) is 8.98. The summed E-state index contributed by atoms with van der Waals surface area (Å²) in [6, 6.07) is 5.63. The van der Waals surface area contributed by atoms with E-state index in [9.17, 15) is 4.79 Å². The van der Waals surface area contributed by atoms with Crippen LogP contribution in [0.5, 0.6) is 5.75 Å². The summed E-state index contributed by atoms with van der Waals surface area (Å²) in [4.78, 5) is 17.9. The smallest absolute Gasteiger partial charge is 0.357 e. The molecule has 0 unspecified atom stereocenters. The summed E-state index contributed by atoms with van der Waals surface area (Å²) in [6.07, 6.45) is 0.824. The molecular weight excluding hydrogens is 312 g/mol. The van der Waals surface area contributed by atoms with Crippen molar-refractivity contribution in [3.05, 3.63) is 34.1 Å². The third-order valence-electron chi connectivity index (χ3n) is 2.80. The van der Waals surface area contributed by atoms with Gasteiger partial charge in [0, 0.05) is 5.56 Å². The van der Waals surface area contributed by atoms with Crippen LogP contribution in [0, 0.1) is 0 Å². The summed E-state index contributed by atoms with van der Waals surface area (Å²) in [5.41, 5.74) is 1.85. The Kier molecular flexibility index (Phi) is 3.90. The molecule has 5 nitrogen and oxygen atoms in total. The number of hydrogen-bond donors (Lipinski definition) is 2. The van der Waals surface area contributed by atoms with Crippen molar-refractivity contribution < 1.29 is 14.6 Å². The minimum Gasteiger partial charge on any atom is -0.496 e. The molecule has 0 saturated heterocycles. The molecule has 1 aromatic heterocycles. The molecule has 0 aliphatic heterocycles. The third-order valence-corrected chi connectivity index (χ3v) is 3.37. The average molecular weight is 325 g/mol. The van der Waals surface area contributed by atoms with Crippen LogP contribution >= 0.6 is 15.9 Å². The van der Waals surface area contributed by atoms with Crippen molar-refractivity contribution in [2.24, 2.45) is 0 Å². The van der Waals surface area contributed by atoms with Crippen LogP contribution in [-0.4, -0.2) is 28.2 Å². The second-order valence-electron chi connectivity index (χ2n) is 3.93. The van der Waals surface area contributed by atoms with Crippen molar-refractivity contribution in [3.8, 4) is 17.1 Å². The number of rotatable bonds is 4. The SMILES string of the molecule is CCc1cc(-c2nc(C(=O)O)c(Br)[nH]2)ccc1OC. The fourth-order valence-electron chi connectivity index (χ4n) is 1.83. The summed E-state index contributed by atoms with van der Waals surface area (Å²) in [5.74, 6) is 0.260. The van der Waals surface area contributed by atoms with E-state index in [1.165, 1.54) is 0 Å². The van der Waals surface area contributed by atoms with Gasteiger partial charge in [0.25, 0.3) is 0 Å². The summed E-state index contributed by atoms with van der Waals surface area (Å²) in [6.45, 7) is 2.03. The number of ether oxygens (including phenoxy) is 1. The van der Waals surface area contributed by atoms with Gasteiger partial charge in [-0.2, -0.15) is 0 Å². The Labute approximate surface area is 118 Å². The predicted molar refractivity (Wildman–Crippen MR) is 74.6 cm³/mol. The second-order valence-corrected chi connectivity index (χ2v) is 4.73. The van der Waals surface area contributed by atoms with E-state index in [1.54, 1.807) is 7.11 Å². The lowest BCUT2D eigenvalue weighted by atomic mass is 10.1. The van der Waals surface area contributed by atoms with Crippen LogP contribution in [0.25, 0.3) is 11.4 Å². The van der Waals surface area contributed by atoms with Gasteiger partial charge in [-0.25, -0.2) is 9.78 Å². The van der Waals surface area contributed by atoms with E-state index in [0.29, 0.717) is 10.4 Å². The molecule has 0 saturated carbocycles. The molecule has 2 aromatic rings. The summed E-state index contributed by atoms with van der Waals surface area (Å²) >= 11 is 3.16. The molecular formula is C13H13BrN2O3. The Bertz CT molecular complexity index is 622. The predicted octanol–water partition coefficient (Wildman–Crippen LogP) is 3.11. The van der Waals surface area contributed by atoms with Gasteiger partial charge in [0.15, 0.2) is 5.69 Å². The highest BCUT2D eigenvalue weighted by Gasteiger charge is 2.16. The number of imidazole rings is 1. The number of carboxylic acids is 1. The molecule has 0 bridgehead atoms. The maximum Gasteiger partial charge on any atom is 0.357 e. The molecule has 100 valence electrons. The van der Waals surface area contributed by atoms with Gasteiger partial charge in [-0.3, -0.25) is 0 Å². The Balaban J connectivity index is 2.47. The van der Waals surface area contributed by atoms with Crippen LogP contribution in [0.15, 0.2) is 22.8 Å². The van der Waals surface area contributed by atoms with Crippen LogP contribution < -0.4 is 4.74 Å². The normalized spacial score (nSPS) is 10.5. The zero-order valence-corrected chi connectivity index (χ0v) is 12.1. The third kappa shape index (κ3) is 2.63. The number of aromatic carboxylic acids is 1. The van der Waals surface area contributed by atoms with Crippen LogP contribution in [0.3, 0.4) is 0 Å². The van der Waals surface area contributed by atoms with Gasteiger partial charge in [0.2, 0.25) is 0 Å². The number of halogens is 1. The highest BCUT2D eigenvalue weighted by Crippen LogP contribution is 2.27. The van der Waals surface area contributed by atoms with E-state index in [2.05, 4.69) is 25.9 Å². The number of carboxylic acid groups (broad SMARTS) is 1. The van der Waals surface area contributed by atoms with Gasteiger partial charge in [-0.05, 0) is 46.1 Å². The zero-order chi connectivity index (χ0) is 14.0. The van der Waals surface area contributed by atoms with Crippen molar-refractivity contribution in [1.29, 1.82) is 0 Å². The zero-order valence-electron chi connectivity index (χ0n) is 10.5. The maximum absolute atomic E-state index is 11.0. The lowest BCUT2D eigenvalue weighted by Gasteiger charge is -2.07. The van der Waals surface area contributed by atoms with Gasteiger partial charge in [0.05, 0.1) is 7.11 Å². The number of methoxy groups -OCH3 is 1. The number of aromatic nitrogens is 2. The maximum atomic E-state index is 11.0. The van der Waals surface area contributed by atoms with Gasteiger partial charge in [-0.1, -0.05) is 6.92 Å². The van der Waals surface area contributed by atoms with Gasteiger partial charge < -0.3 is 14.8 Å². The number of nitrogens with one attached hydrogen (secondary N) is 1. The minimum atomic E-state index is -1.07. The quantitative estimate of drug-likeness (QED) is 0.906. The lowest BCUT2D eigenvalue weighted by Crippen LogP contribution is -1.97. The first kappa shape index (κ1) is 13.6. The Morgan fingerprint density at radius 2 is 2.26 bits per heavy atom. The molecule has 0 radical (unpaired) electrons. The molecule has 0 aliphatic rings. The van der Waals surface area contributed by atoms with Gasteiger partial charge in [-0.15, -0.1) is 0 Å². The van der Waals surface area contributed by atoms with Crippen LogP contribution in [0.1, 0.15) is 23.0 Å². The van der Waals surface area contributed by atoms with E-state index < -0.39 is 5.97 Å². The van der Waals surface area contributed by atoms with E-state index in [-0.39, 0.29) is 5.69 Å². The number of aromatic amines is 1. The average Bonchev–Trinajstić information content (AvgIpc) is 2.80. The molecule has 1 aromatic carbocycles. The van der Waals surface area contributed by atoms with Crippen LogP contribution in [0.4, 0.5) is 0 Å². The van der Waals surface area contributed by atoms with Crippen LogP contribution in [0.2, 0.25) is 0 Å². The molecule has 0 atom stereocenters. The number of nitrogens with zero attached hydrogens (tertiary/aromatic N) is 1.